The number of ether oxygens (including phenoxy) is 1. The number of nitrogens with zero attached hydrogens (tertiary/aromatic N) is 2. The largest absolute Gasteiger partial charge is 0.492 e. The number of aliphatic imine (C=N–C) groups is 2. The molecule has 1 N–H and O–H groups in total. The second-order valence-electron chi connectivity index (χ2n) is 10.8. The number of fused-ring (bicyclic) bond motifs is 2. The lowest BCUT2D eigenvalue weighted by Gasteiger charge is -2.26. The summed E-state index contributed by atoms with van der Waals surface area (Å²) in [5, 5.41) is 3.52. The molecule has 1 saturated heterocycles. The molecule has 4 heteroatoms. The van der Waals surface area contributed by atoms with Crippen molar-refractivity contribution in [2.75, 3.05) is 19.7 Å². The van der Waals surface area contributed by atoms with Gasteiger partial charge in [0.2, 0.25) is 0 Å². The first-order valence-corrected chi connectivity index (χ1v) is 14.2. The quantitative estimate of drug-likeness (QED) is 0.411. The summed E-state index contributed by atoms with van der Waals surface area (Å²) in [6.45, 7) is 14.2. The maximum Gasteiger partial charge on any atom is 0.141 e. The van der Waals surface area contributed by atoms with Crippen LogP contribution in [0.3, 0.4) is 0 Å². The number of hydrogen-bond acceptors (Lipinski definition) is 4. The first-order chi connectivity index (χ1) is 17.5. The minimum Gasteiger partial charge on any atom is -0.492 e. The topological polar surface area (TPSA) is 46.0 Å². The van der Waals surface area contributed by atoms with Gasteiger partial charge in [0.25, 0.3) is 0 Å². The third-order valence-corrected chi connectivity index (χ3v) is 7.77. The maximum atomic E-state index is 6.19. The number of piperidine rings is 1. The fourth-order valence-electron chi connectivity index (χ4n) is 5.92. The molecule has 1 aromatic rings. The van der Waals surface area contributed by atoms with Crippen molar-refractivity contribution in [3.05, 3.63) is 63.9 Å². The van der Waals surface area contributed by atoms with Crippen molar-refractivity contribution in [1.82, 2.24) is 5.32 Å². The Morgan fingerprint density at radius 3 is 2.67 bits per heavy atom. The van der Waals surface area contributed by atoms with Crippen LogP contribution in [-0.4, -0.2) is 37.8 Å². The van der Waals surface area contributed by atoms with E-state index in [0.29, 0.717) is 24.5 Å². The van der Waals surface area contributed by atoms with Crippen LogP contribution in [0, 0.1) is 12.8 Å². The number of rotatable bonds is 8. The number of benzene rings is 1. The monoisotopic (exact) mass is 487 g/mol. The van der Waals surface area contributed by atoms with E-state index in [9.17, 15) is 0 Å². The highest BCUT2D eigenvalue weighted by Gasteiger charge is 2.24. The zero-order valence-corrected chi connectivity index (χ0v) is 23.1. The Morgan fingerprint density at radius 2 is 1.94 bits per heavy atom. The van der Waals surface area contributed by atoms with Gasteiger partial charge in [0.05, 0.1) is 18.4 Å². The molecule has 2 aliphatic heterocycles. The summed E-state index contributed by atoms with van der Waals surface area (Å²) in [5.74, 6) is 1.99. The number of hydrogen-bond donors (Lipinski definition) is 1. The van der Waals surface area contributed by atoms with Crippen LogP contribution in [0.25, 0.3) is 5.57 Å². The van der Waals surface area contributed by atoms with E-state index < -0.39 is 0 Å². The Balaban J connectivity index is 1.86. The van der Waals surface area contributed by atoms with Crippen molar-refractivity contribution < 1.29 is 4.74 Å². The molecule has 1 fully saturated rings. The van der Waals surface area contributed by atoms with E-state index in [2.05, 4.69) is 80.3 Å². The Morgan fingerprint density at radius 1 is 1.14 bits per heavy atom. The molecule has 0 saturated carbocycles. The second-order valence-corrected chi connectivity index (χ2v) is 10.8. The van der Waals surface area contributed by atoms with E-state index in [1.54, 1.807) is 6.34 Å². The smallest absolute Gasteiger partial charge is 0.141 e. The predicted molar refractivity (Wildman–Crippen MR) is 154 cm³/mol. The molecule has 0 spiro atoms. The fraction of sp³-hybridized carbons (Fsp3) is 0.562. The van der Waals surface area contributed by atoms with Crippen LogP contribution in [-0.2, 0) is 4.74 Å². The first kappa shape index (κ1) is 26.6. The molecule has 0 aromatic heterocycles. The standard InChI is InChI=1S/C32H45N3O/c1-6-9-28(26-10-8-11-27-20-30(35-21-34-27)31(19-26)36-7-2)32(22(3)4)29-18-25(13-12-23(29)5)24-14-16-33-17-15-24/h10,12-13,18-19,21-22,24,27,33H,6-9,11,14-17,20H2,1-5H3/b26-10+,31-19+,32-28+. The van der Waals surface area contributed by atoms with Gasteiger partial charge in [-0.25, -0.2) is 4.99 Å². The van der Waals surface area contributed by atoms with E-state index in [1.165, 1.54) is 46.3 Å². The molecule has 36 heavy (non-hydrogen) atoms. The van der Waals surface area contributed by atoms with Gasteiger partial charge in [0, 0.05) is 6.42 Å². The van der Waals surface area contributed by atoms with Gasteiger partial charge in [0.15, 0.2) is 0 Å². The summed E-state index contributed by atoms with van der Waals surface area (Å²) in [6.07, 6.45) is 14.0. The van der Waals surface area contributed by atoms with Gasteiger partial charge < -0.3 is 10.1 Å². The van der Waals surface area contributed by atoms with Crippen LogP contribution in [0.2, 0.25) is 0 Å². The Hall–Kier alpha value is -2.46. The lowest BCUT2D eigenvalue weighted by atomic mass is 9.80. The fourth-order valence-corrected chi connectivity index (χ4v) is 5.92. The normalized spacial score (nSPS) is 24.5. The third-order valence-electron chi connectivity index (χ3n) is 7.77. The van der Waals surface area contributed by atoms with Crippen molar-refractivity contribution in [2.45, 2.75) is 91.5 Å². The zero-order valence-electron chi connectivity index (χ0n) is 23.1. The molecule has 4 nitrogen and oxygen atoms in total. The molecule has 1 aromatic carbocycles. The highest BCUT2D eigenvalue weighted by atomic mass is 16.5. The molecule has 4 rings (SSSR count). The molecule has 1 aliphatic carbocycles. The first-order valence-electron chi connectivity index (χ1n) is 14.2. The summed E-state index contributed by atoms with van der Waals surface area (Å²) >= 11 is 0. The molecule has 1 atom stereocenters. The molecule has 0 amide bonds. The van der Waals surface area contributed by atoms with Gasteiger partial charge in [0.1, 0.15) is 12.1 Å². The van der Waals surface area contributed by atoms with Gasteiger partial charge >= 0.3 is 0 Å². The van der Waals surface area contributed by atoms with Crippen LogP contribution >= 0.6 is 0 Å². The Labute approximate surface area is 218 Å². The van der Waals surface area contributed by atoms with Crippen LogP contribution in [0.5, 0.6) is 0 Å². The van der Waals surface area contributed by atoms with Crippen molar-refractivity contribution in [3.8, 4) is 0 Å². The average molecular weight is 488 g/mol. The van der Waals surface area contributed by atoms with E-state index in [0.717, 1.165) is 56.7 Å². The number of nitrogens with one attached hydrogen (secondary N) is 1. The van der Waals surface area contributed by atoms with Crippen LogP contribution in [0.1, 0.15) is 95.2 Å². The molecule has 0 radical (unpaired) electrons. The SMILES string of the molecule is CCCC(/C1=C/CCC2CC(=NC=N2)/C(OCC)=C\1)=C(\c1cc(C2CCNCC2)ccc1C)C(C)C. The summed E-state index contributed by atoms with van der Waals surface area (Å²) in [4.78, 5) is 9.26. The molecular formula is C32H45N3O. The summed E-state index contributed by atoms with van der Waals surface area (Å²) in [5.41, 5.74) is 9.60. The van der Waals surface area contributed by atoms with E-state index in [4.69, 9.17) is 4.74 Å². The van der Waals surface area contributed by atoms with E-state index in [1.807, 2.05) is 0 Å². The van der Waals surface area contributed by atoms with Crippen molar-refractivity contribution in [3.63, 3.8) is 0 Å². The van der Waals surface area contributed by atoms with Gasteiger partial charge in [-0.05, 0) is 110 Å². The Bertz CT molecular complexity index is 1070. The molecule has 3 aliphatic rings. The van der Waals surface area contributed by atoms with Gasteiger partial charge in [-0.1, -0.05) is 51.5 Å². The third kappa shape index (κ3) is 6.26. The second kappa shape index (κ2) is 12.7. The molecule has 2 heterocycles. The lowest BCUT2D eigenvalue weighted by Crippen LogP contribution is -2.26. The van der Waals surface area contributed by atoms with Crippen molar-refractivity contribution in [2.24, 2.45) is 15.9 Å². The predicted octanol–water partition coefficient (Wildman–Crippen LogP) is 7.55. The van der Waals surface area contributed by atoms with Crippen LogP contribution in [0.15, 0.2) is 57.2 Å². The lowest BCUT2D eigenvalue weighted by molar-refractivity contribution is 0.248. The molecule has 194 valence electrons. The molecule has 2 bridgehead atoms. The van der Waals surface area contributed by atoms with Crippen molar-refractivity contribution >= 4 is 17.6 Å². The molecular weight excluding hydrogens is 442 g/mol. The summed E-state index contributed by atoms with van der Waals surface area (Å²) in [7, 11) is 0. The van der Waals surface area contributed by atoms with Crippen LogP contribution < -0.4 is 5.32 Å². The summed E-state index contributed by atoms with van der Waals surface area (Å²) in [6, 6.07) is 7.54. The zero-order chi connectivity index (χ0) is 25.5. The van der Waals surface area contributed by atoms with Gasteiger partial charge in [-0.2, -0.15) is 0 Å². The summed E-state index contributed by atoms with van der Waals surface area (Å²) < 4.78 is 6.19. The van der Waals surface area contributed by atoms with Crippen molar-refractivity contribution in [1.29, 1.82) is 0 Å². The minimum absolute atomic E-state index is 0.295. The van der Waals surface area contributed by atoms with Gasteiger partial charge in [-0.3, -0.25) is 4.99 Å². The molecule has 1 unspecified atom stereocenters. The maximum absolute atomic E-state index is 6.19. The number of allylic oxidation sites excluding steroid dienone is 6. The van der Waals surface area contributed by atoms with Crippen LogP contribution in [0.4, 0.5) is 0 Å². The minimum atomic E-state index is 0.295. The number of aryl methyl sites for hydroxylation is 1. The Kier molecular flexibility index (Phi) is 9.36. The highest BCUT2D eigenvalue weighted by Crippen LogP contribution is 2.38. The highest BCUT2D eigenvalue weighted by molar-refractivity contribution is 6.04. The van der Waals surface area contributed by atoms with E-state index >= 15 is 0 Å². The average Bonchev–Trinajstić information content (AvgIpc) is 2.94. The van der Waals surface area contributed by atoms with E-state index in [-0.39, 0.29) is 0 Å². The van der Waals surface area contributed by atoms with Gasteiger partial charge in [-0.15, -0.1) is 0 Å².